The minimum absolute atomic E-state index is 0.249. The molecule has 1 aromatic heterocycles. The minimum Gasteiger partial charge on any atom is -0.382 e. The van der Waals surface area contributed by atoms with Gasteiger partial charge in [0.15, 0.2) is 5.13 Å². The van der Waals surface area contributed by atoms with Gasteiger partial charge in [0.1, 0.15) is 10.7 Å². The Morgan fingerprint density at radius 3 is 2.70 bits per heavy atom. The molecule has 0 spiro atoms. The summed E-state index contributed by atoms with van der Waals surface area (Å²) in [5, 5.41) is 3.54. The Morgan fingerprint density at radius 1 is 1.45 bits per heavy atom. The highest BCUT2D eigenvalue weighted by Gasteiger charge is 2.18. The number of aryl methyl sites for hydroxylation is 1. The highest BCUT2D eigenvalue weighted by atomic mass is 79.9. The molecule has 5 nitrogen and oxygen atoms in total. The summed E-state index contributed by atoms with van der Waals surface area (Å²) in [6.07, 6.45) is 0. The van der Waals surface area contributed by atoms with Crippen LogP contribution in [0.1, 0.15) is 15.2 Å². The third-order valence-electron chi connectivity index (χ3n) is 2.60. The van der Waals surface area contributed by atoms with Crippen molar-refractivity contribution < 1.29 is 4.79 Å². The fourth-order valence-corrected chi connectivity index (χ4v) is 2.97. The number of carbonyl (C=O) groups excluding carboxylic acids is 1. The molecule has 0 saturated carbocycles. The standard InChI is InChI=1S/C13H15BrN4OS/c1-7-4-5-9(8(14)6-7)16-12(19)10-11(15)17-13(20-10)18(2)3/h4-6H,15H2,1-3H3,(H,16,19). The molecule has 2 aromatic rings. The molecule has 106 valence electrons. The fraction of sp³-hybridized carbons (Fsp3) is 0.231. The summed E-state index contributed by atoms with van der Waals surface area (Å²) >= 11 is 4.70. The van der Waals surface area contributed by atoms with E-state index in [0.29, 0.717) is 15.7 Å². The molecule has 0 aliphatic carbocycles. The summed E-state index contributed by atoms with van der Waals surface area (Å²) in [5.74, 6) is -0.00270. The number of carbonyl (C=O) groups is 1. The molecule has 0 unspecified atom stereocenters. The average molecular weight is 355 g/mol. The number of hydrogen-bond acceptors (Lipinski definition) is 5. The van der Waals surface area contributed by atoms with Crippen LogP contribution in [0.3, 0.4) is 0 Å². The number of halogens is 1. The van der Waals surface area contributed by atoms with Crippen LogP contribution < -0.4 is 16.0 Å². The van der Waals surface area contributed by atoms with E-state index >= 15 is 0 Å². The van der Waals surface area contributed by atoms with Crippen LogP contribution in [0.4, 0.5) is 16.6 Å². The van der Waals surface area contributed by atoms with Crippen LogP contribution in [0.5, 0.6) is 0 Å². The number of nitrogen functional groups attached to an aromatic ring is 1. The molecule has 1 amide bonds. The largest absolute Gasteiger partial charge is 0.382 e. The Kier molecular flexibility index (Phi) is 4.29. The summed E-state index contributed by atoms with van der Waals surface area (Å²) in [7, 11) is 3.72. The van der Waals surface area contributed by atoms with Gasteiger partial charge in [0.25, 0.3) is 5.91 Å². The van der Waals surface area contributed by atoms with Gasteiger partial charge < -0.3 is 16.0 Å². The molecule has 0 bridgehead atoms. The lowest BCUT2D eigenvalue weighted by Crippen LogP contribution is -2.12. The molecule has 3 N–H and O–H groups in total. The molecule has 1 aromatic carbocycles. The van der Waals surface area contributed by atoms with Crippen LogP contribution in [-0.4, -0.2) is 25.0 Å². The summed E-state index contributed by atoms with van der Waals surface area (Å²) in [5.41, 5.74) is 7.62. The summed E-state index contributed by atoms with van der Waals surface area (Å²) in [6, 6.07) is 5.72. The van der Waals surface area contributed by atoms with Crippen LogP contribution in [0.2, 0.25) is 0 Å². The van der Waals surface area contributed by atoms with E-state index < -0.39 is 0 Å². The number of nitrogens with one attached hydrogen (secondary N) is 1. The third kappa shape index (κ3) is 3.10. The zero-order chi connectivity index (χ0) is 14.9. The molecule has 20 heavy (non-hydrogen) atoms. The van der Waals surface area contributed by atoms with Crippen molar-refractivity contribution in [3.05, 3.63) is 33.1 Å². The molecule has 0 aliphatic heterocycles. The quantitative estimate of drug-likeness (QED) is 0.888. The van der Waals surface area contributed by atoms with Gasteiger partial charge in [-0.3, -0.25) is 4.79 Å². The van der Waals surface area contributed by atoms with E-state index in [-0.39, 0.29) is 11.7 Å². The predicted octanol–water partition coefficient (Wildman–Crippen LogP) is 3.11. The Bertz CT molecular complexity index is 654. The van der Waals surface area contributed by atoms with Gasteiger partial charge in [-0.1, -0.05) is 17.4 Å². The number of nitrogens with two attached hydrogens (primary N) is 1. The maximum absolute atomic E-state index is 12.2. The van der Waals surface area contributed by atoms with Crippen molar-refractivity contribution in [2.24, 2.45) is 0 Å². The van der Waals surface area contributed by atoms with Gasteiger partial charge in [-0.15, -0.1) is 0 Å². The molecule has 0 radical (unpaired) electrons. The van der Waals surface area contributed by atoms with Crippen molar-refractivity contribution in [3.8, 4) is 0 Å². The van der Waals surface area contributed by atoms with Gasteiger partial charge in [-0.25, -0.2) is 4.98 Å². The average Bonchev–Trinajstić information content (AvgIpc) is 2.75. The molecule has 0 fully saturated rings. The van der Waals surface area contributed by atoms with Crippen LogP contribution in [0, 0.1) is 6.92 Å². The number of rotatable bonds is 3. The summed E-state index contributed by atoms with van der Waals surface area (Å²) in [4.78, 5) is 18.6. The van der Waals surface area contributed by atoms with Crippen LogP contribution in [0.15, 0.2) is 22.7 Å². The maximum atomic E-state index is 12.2. The van der Waals surface area contributed by atoms with Gasteiger partial charge in [0, 0.05) is 18.6 Å². The number of benzene rings is 1. The van der Waals surface area contributed by atoms with Crippen molar-refractivity contribution in [1.82, 2.24) is 4.98 Å². The maximum Gasteiger partial charge on any atom is 0.269 e. The van der Waals surface area contributed by atoms with Crippen molar-refractivity contribution in [2.45, 2.75) is 6.92 Å². The Morgan fingerprint density at radius 2 is 2.15 bits per heavy atom. The monoisotopic (exact) mass is 354 g/mol. The predicted molar refractivity (Wildman–Crippen MR) is 87.7 cm³/mol. The molecule has 0 atom stereocenters. The lowest BCUT2D eigenvalue weighted by Gasteiger charge is -2.07. The highest BCUT2D eigenvalue weighted by molar-refractivity contribution is 9.10. The molecule has 0 saturated heterocycles. The highest BCUT2D eigenvalue weighted by Crippen LogP contribution is 2.29. The number of hydrogen-bond donors (Lipinski definition) is 2. The van der Waals surface area contributed by atoms with E-state index in [4.69, 9.17) is 5.73 Å². The second-order valence-electron chi connectivity index (χ2n) is 4.54. The van der Waals surface area contributed by atoms with E-state index in [0.717, 1.165) is 10.0 Å². The number of thiazole rings is 1. The molecule has 7 heteroatoms. The summed E-state index contributed by atoms with van der Waals surface area (Å²) < 4.78 is 0.835. The molecule has 0 aliphatic rings. The minimum atomic E-state index is -0.252. The third-order valence-corrected chi connectivity index (χ3v) is 4.50. The van der Waals surface area contributed by atoms with Crippen LogP contribution in [0.25, 0.3) is 0 Å². The second-order valence-corrected chi connectivity index (χ2v) is 6.37. The number of aromatic nitrogens is 1. The first-order valence-corrected chi connectivity index (χ1v) is 7.50. The number of anilines is 3. The first-order chi connectivity index (χ1) is 9.38. The zero-order valence-corrected chi connectivity index (χ0v) is 13.8. The second kappa shape index (κ2) is 5.80. The van der Waals surface area contributed by atoms with E-state index in [1.807, 2.05) is 44.1 Å². The zero-order valence-electron chi connectivity index (χ0n) is 11.4. The van der Waals surface area contributed by atoms with Crippen molar-refractivity contribution in [1.29, 1.82) is 0 Å². The van der Waals surface area contributed by atoms with Gasteiger partial charge in [-0.2, -0.15) is 0 Å². The topological polar surface area (TPSA) is 71.2 Å². The Balaban J connectivity index is 2.24. The van der Waals surface area contributed by atoms with Crippen LogP contribution in [-0.2, 0) is 0 Å². The molecular weight excluding hydrogens is 340 g/mol. The van der Waals surface area contributed by atoms with E-state index in [9.17, 15) is 4.79 Å². The fourth-order valence-electron chi connectivity index (χ4n) is 1.57. The lowest BCUT2D eigenvalue weighted by atomic mass is 10.2. The molecular formula is C13H15BrN4OS. The first-order valence-electron chi connectivity index (χ1n) is 5.89. The number of nitrogens with zero attached hydrogens (tertiary/aromatic N) is 2. The van der Waals surface area contributed by atoms with Gasteiger partial charge in [0.2, 0.25) is 0 Å². The molecule has 1 heterocycles. The van der Waals surface area contributed by atoms with Gasteiger partial charge in [0.05, 0.1) is 5.69 Å². The van der Waals surface area contributed by atoms with Gasteiger partial charge >= 0.3 is 0 Å². The normalized spacial score (nSPS) is 10.4. The smallest absolute Gasteiger partial charge is 0.269 e. The van der Waals surface area contributed by atoms with Crippen LogP contribution >= 0.6 is 27.3 Å². The van der Waals surface area contributed by atoms with Crippen molar-refractivity contribution in [2.75, 3.05) is 30.0 Å². The lowest BCUT2D eigenvalue weighted by molar-refractivity contribution is 0.103. The van der Waals surface area contributed by atoms with Gasteiger partial charge in [-0.05, 0) is 40.5 Å². The Hall–Kier alpha value is -1.60. The first kappa shape index (κ1) is 14.8. The number of amides is 1. The van der Waals surface area contributed by atoms with E-state index in [2.05, 4.69) is 26.2 Å². The van der Waals surface area contributed by atoms with E-state index in [1.54, 1.807) is 0 Å². The van der Waals surface area contributed by atoms with E-state index in [1.165, 1.54) is 11.3 Å². The molecule has 2 rings (SSSR count). The van der Waals surface area contributed by atoms with Crippen molar-refractivity contribution >= 4 is 49.8 Å². The SMILES string of the molecule is Cc1ccc(NC(=O)c2sc(N(C)C)nc2N)c(Br)c1. The van der Waals surface area contributed by atoms with Crippen molar-refractivity contribution in [3.63, 3.8) is 0 Å². The Labute approximate surface area is 129 Å². The summed E-state index contributed by atoms with van der Waals surface area (Å²) in [6.45, 7) is 1.99.